The van der Waals surface area contributed by atoms with Crippen LogP contribution in [0.5, 0.6) is 0 Å². The lowest BCUT2D eigenvalue weighted by Crippen LogP contribution is -2.30. The molecule has 0 N–H and O–H groups in total. The second-order valence-corrected chi connectivity index (χ2v) is 5.49. The van der Waals surface area contributed by atoms with Crippen molar-refractivity contribution in [3.05, 3.63) is 16.5 Å². The molecule has 1 aromatic heterocycles. The van der Waals surface area contributed by atoms with Crippen molar-refractivity contribution in [2.24, 2.45) is 5.92 Å². The molecule has 6 nitrogen and oxygen atoms in total. The van der Waals surface area contributed by atoms with Gasteiger partial charge in [-0.05, 0) is 37.3 Å². The minimum atomic E-state index is -0.874. The quantitative estimate of drug-likeness (QED) is 0.719. The van der Waals surface area contributed by atoms with Gasteiger partial charge in [-0.3, -0.25) is 4.79 Å². The van der Waals surface area contributed by atoms with Crippen molar-refractivity contribution in [1.29, 1.82) is 0 Å². The predicted molar refractivity (Wildman–Crippen MR) is 75.9 cm³/mol. The van der Waals surface area contributed by atoms with Crippen LogP contribution in [-0.4, -0.2) is 30.3 Å². The van der Waals surface area contributed by atoms with Gasteiger partial charge in [0.25, 0.3) is 0 Å². The first-order valence-corrected chi connectivity index (χ1v) is 7.10. The van der Waals surface area contributed by atoms with E-state index in [1.807, 2.05) is 13.8 Å². The zero-order chi connectivity index (χ0) is 16.0. The number of halogens is 1. The monoisotopic (exact) mass is 317 g/mol. The summed E-state index contributed by atoms with van der Waals surface area (Å²) in [7, 11) is 1.27. The number of rotatable bonds is 7. The van der Waals surface area contributed by atoms with Gasteiger partial charge in [-0.1, -0.05) is 19.0 Å². The van der Waals surface area contributed by atoms with E-state index in [-0.39, 0.29) is 17.6 Å². The van der Waals surface area contributed by atoms with E-state index in [0.717, 1.165) is 0 Å². The number of nitrogens with zero attached hydrogens (tertiary/aromatic N) is 1. The van der Waals surface area contributed by atoms with E-state index in [4.69, 9.17) is 20.9 Å². The zero-order valence-corrected chi connectivity index (χ0v) is 13.4. The van der Waals surface area contributed by atoms with Crippen LogP contribution < -0.4 is 0 Å². The van der Waals surface area contributed by atoms with Crippen LogP contribution >= 0.6 is 11.6 Å². The van der Waals surface area contributed by atoms with Crippen molar-refractivity contribution in [3.8, 4) is 0 Å². The minimum absolute atomic E-state index is 0.0906. The molecule has 1 unspecified atom stereocenters. The first-order valence-electron chi connectivity index (χ1n) is 6.73. The highest BCUT2D eigenvalue weighted by Crippen LogP contribution is 2.21. The van der Waals surface area contributed by atoms with Crippen molar-refractivity contribution in [1.82, 2.24) is 5.16 Å². The molecule has 0 saturated carbocycles. The fraction of sp³-hybridized carbons (Fsp3) is 0.643. The van der Waals surface area contributed by atoms with Crippen LogP contribution in [0.25, 0.3) is 0 Å². The molecule has 0 fully saturated rings. The zero-order valence-electron chi connectivity index (χ0n) is 12.6. The first kappa shape index (κ1) is 17.5. The Labute approximate surface area is 128 Å². The molecule has 0 spiro atoms. The molecule has 0 bridgehead atoms. The summed E-state index contributed by atoms with van der Waals surface area (Å²) >= 11 is 5.82. The molecule has 0 aliphatic carbocycles. The molecule has 1 heterocycles. The molecule has 0 amide bonds. The average Bonchev–Trinajstić information content (AvgIpc) is 2.73. The summed E-state index contributed by atoms with van der Waals surface area (Å²) in [6, 6.07) is 0. The molecule has 0 aromatic carbocycles. The van der Waals surface area contributed by atoms with Gasteiger partial charge in [-0.15, -0.1) is 0 Å². The summed E-state index contributed by atoms with van der Waals surface area (Å²) in [4.78, 5) is 23.4. The Hall–Kier alpha value is -1.56. The molecule has 0 saturated heterocycles. The third-order valence-corrected chi connectivity index (χ3v) is 3.24. The fourth-order valence-electron chi connectivity index (χ4n) is 1.84. The SMILES string of the molecule is COC(=O)C(CC(C)C)OC(=O)CCc1c(C)noc1Cl. The van der Waals surface area contributed by atoms with E-state index >= 15 is 0 Å². The normalized spacial score (nSPS) is 12.3. The van der Waals surface area contributed by atoms with Gasteiger partial charge in [0.1, 0.15) is 0 Å². The van der Waals surface area contributed by atoms with Gasteiger partial charge in [-0.25, -0.2) is 4.79 Å². The summed E-state index contributed by atoms with van der Waals surface area (Å²) in [6.07, 6.45) is -0.0111. The summed E-state index contributed by atoms with van der Waals surface area (Å²) in [5.74, 6) is -0.823. The Morgan fingerprint density at radius 1 is 1.38 bits per heavy atom. The molecule has 118 valence electrons. The molecular weight excluding hydrogens is 298 g/mol. The first-order chi connectivity index (χ1) is 9.85. The van der Waals surface area contributed by atoms with Gasteiger partial charge in [0, 0.05) is 12.0 Å². The molecule has 1 aromatic rings. The van der Waals surface area contributed by atoms with E-state index in [2.05, 4.69) is 9.89 Å². The van der Waals surface area contributed by atoms with E-state index in [9.17, 15) is 9.59 Å². The van der Waals surface area contributed by atoms with Crippen LogP contribution in [0.1, 0.15) is 37.9 Å². The van der Waals surface area contributed by atoms with Crippen LogP contribution in [0.15, 0.2) is 4.52 Å². The number of aromatic nitrogens is 1. The van der Waals surface area contributed by atoms with Crippen molar-refractivity contribution in [2.75, 3.05) is 7.11 Å². The maximum atomic E-state index is 11.8. The molecule has 1 atom stereocenters. The van der Waals surface area contributed by atoms with Crippen molar-refractivity contribution < 1.29 is 23.6 Å². The second-order valence-electron chi connectivity index (χ2n) is 5.15. The number of aryl methyl sites for hydroxylation is 1. The molecule has 0 radical (unpaired) electrons. The molecule has 0 aliphatic heterocycles. The highest BCUT2D eigenvalue weighted by molar-refractivity contribution is 6.29. The topological polar surface area (TPSA) is 78.6 Å². The third kappa shape index (κ3) is 5.38. The standard InChI is InChI=1S/C14H20ClNO5/c1-8(2)7-11(14(18)19-4)20-12(17)6-5-10-9(3)16-21-13(10)15/h8,11H,5-7H2,1-4H3. The van der Waals surface area contributed by atoms with Crippen LogP contribution in [0, 0.1) is 12.8 Å². The van der Waals surface area contributed by atoms with Gasteiger partial charge in [-0.2, -0.15) is 0 Å². The Morgan fingerprint density at radius 2 is 2.05 bits per heavy atom. The van der Waals surface area contributed by atoms with Gasteiger partial charge in [0.2, 0.25) is 5.22 Å². The van der Waals surface area contributed by atoms with E-state index in [1.165, 1.54) is 7.11 Å². The molecule has 7 heteroatoms. The molecule has 1 rings (SSSR count). The predicted octanol–water partition coefficient (Wildman–Crippen LogP) is 2.70. The van der Waals surface area contributed by atoms with Crippen LogP contribution in [0.3, 0.4) is 0 Å². The molecular formula is C14H20ClNO5. The lowest BCUT2D eigenvalue weighted by atomic mass is 10.1. The number of ether oxygens (including phenoxy) is 2. The van der Waals surface area contributed by atoms with Gasteiger partial charge in [0.05, 0.1) is 12.8 Å². The summed E-state index contributed by atoms with van der Waals surface area (Å²) in [6.45, 7) is 5.61. The number of carbonyl (C=O) groups is 2. The Morgan fingerprint density at radius 3 is 2.52 bits per heavy atom. The number of methoxy groups -OCH3 is 1. The van der Waals surface area contributed by atoms with Crippen molar-refractivity contribution in [3.63, 3.8) is 0 Å². The number of hydrogen-bond donors (Lipinski definition) is 0. The molecule has 0 aliphatic rings. The van der Waals surface area contributed by atoms with Gasteiger partial charge < -0.3 is 14.0 Å². The van der Waals surface area contributed by atoms with Gasteiger partial charge >= 0.3 is 11.9 Å². The van der Waals surface area contributed by atoms with Crippen molar-refractivity contribution >= 4 is 23.5 Å². The average molecular weight is 318 g/mol. The number of hydrogen-bond acceptors (Lipinski definition) is 6. The van der Waals surface area contributed by atoms with Gasteiger partial charge in [0.15, 0.2) is 6.10 Å². The maximum Gasteiger partial charge on any atom is 0.347 e. The summed E-state index contributed by atoms with van der Waals surface area (Å²) in [5.41, 5.74) is 1.31. The summed E-state index contributed by atoms with van der Waals surface area (Å²) in [5, 5.41) is 3.88. The number of carbonyl (C=O) groups excluding carboxylic acids is 2. The summed E-state index contributed by atoms with van der Waals surface area (Å²) < 4.78 is 14.6. The van der Waals surface area contributed by atoms with Crippen LogP contribution in [0.2, 0.25) is 5.22 Å². The highest BCUT2D eigenvalue weighted by atomic mass is 35.5. The third-order valence-electron chi connectivity index (χ3n) is 2.94. The van der Waals surface area contributed by atoms with Crippen LogP contribution in [-0.2, 0) is 25.5 Å². The lowest BCUT2D eigenvalue weighted by Gasteiger charge is -2.17. The maximum absolute atomic E-state index is 11.8. The van der Waals surface area contributed by atoms with Crippen LogP contribution in [0.4, 0.5) is 0 Å². The molecule has 21 heavy (non-hydrogen) atoms. The largest absolute Gasteiger partial charge is 0.466 e. The minimum Gasteiger partial charge on any atom is -0.466 e. The van der Waals surface area contributed by atoms with E-state index in [0.29, 0.717) is 24.1 Å². The van der Waals surface area contributed by atoms with E-state index < -0.39 is 18.0 Å². The fourth-order valence-corrected chi connectivity index (χ4v) is 2.10. The lowest BCUT2D eigenvalue weighted by molar-refractivity contribution is -0.167. The Balaban J connectivity index is 2.56. The van der Waals surface area contributed by atoms with Crippen molar-refractivity contribution in [2.45, 2.75) is 46.1 Å². The number of esters is 2. The Kier molecular flexibility index (Phi) is 6.68. The Bertz CT molecular complexity index is 478. The smallest absolute Gasteiger partial charge is 0.347 e. The highest BCUT2D eigenvalue weighted by Gasteiger charge is 2.25. The second kappa shape index (κ2) is 8.02. The van der Waals surface area contributed by atoms with E-state index in [1.54, 1.807) is 6.92 Å².